The zero-order valence-electron chi connectivity index (χ0n) is 5.25. The summed E-state index contributed by atoms with van der Waals surface area (Å²) in [5.74, 6) is 0. The van der Waals surface area contributed by atoms with Crippen molar-refractivity contribution >= 4 is 0 Å². The summed E-state index contributed by atoms with van der Waals surface area (Å²) in [7, 11) is 0. The molecule has 1 rings (SSSR count). The molecule has 1 heterocycles. The van der Waals surface area contributed by atoms with E-state index in [4.69, 9.17) is 5.21 Å². The van der Waals surface area contributed by atoms with Gasteiger partial charge in [0.05, 0.1) is 6.04 Å². The lowest BCUT2D eigenvalue weighted by atomic mass is 10.1. The minimum atomic E-state index is 0.247. The Labute approximate surface area is 53.9 Å². The van der Waals surface area contributed by atoms with E-state index in [1.165, 1.54) is 0 Å². The van der Waals surface area contributed by atoms with Crippen molar-refractivity contribution in [3.63, 3.8) is 0 Å². The molecule has 0 bridgehead atoms. The van der Waals surface area contributed by atoms with Crippen LogP contribution in [0, 0.1) is 0 Å². The number of hydrogen-bond acceptors (Lipinski definition) is 3. The van der Waals surface area contributed by atoms with Crippen molar-refractivity contribution in [2.24, 2.45) is 10.4 Å². The standard InChI is InChI=1S/C5H11N3O/c9-8-7-5-1-3-6-4-2-5/h5-6H,1-4H2,(H,7,9). The Hall–Kier alpha value is -0.640. The van der Waals surface area contributed by atoms with Crippen LogP contribution in [-0.4, -0.2) is 24.3 Å². The molecule has 4 nitrogen and oxygen atoms in total. The van der Waals surface area contributed by atoms with Crippen LogP contribution in [0.4, 0.5) is 0 Å². The van der Waals surface area contributed by atoms with Crippen molar-refractivity contribution in [3.8, 4) is 0 Å². The molecule has 0 radical (unpaired) electrons. The minimum absolute atomic E-state index is 0.247. The second-order valence-corrected chi connectivity index (χ2v) is 2.19. The van der Waals surface area contributed by atoms with Crippen LogP contribution in [0.15, 0.2) is 10.4 Å². The van der Waals surface area contributed by atoms with Crippen LogP contribution >= 0.6 is 0 Å². The molecule has 2 N–H and O–H groups in total. The van der Waals surface area contributed by atoms with E-state index in [0.717, 1.165) is 25.9 Å². The molecule has 0 aromatic carbocycles. The largest absolute Gasteiger partial charge is 0.395 e. The number of nitrogens with zero attached hydrogens (tertiary/aromatic N) is 2. The molecule has 4 heteroatoms. The molecule has 1 fully saturated rings. The third kappa shape index (κ3) is 1.97. The zero-order chi connectivity index (χ0) is 6.53. The maximum atomic E-state index is 8.06. The van der Waals surface area contributed by atoms with E-state index >= 15 is 0 Å². The van der Waals surface area contributed by atoms with Gasteiger partial charge in [-0.1, -0.05) is 0 Å². The van der Waals surface area contributed by atoms with Crippen LogP contribution in [0.25, 0.3) is 0 Å². The third-order valence-electron chi connectivity index (χ3n) is 1.52. The molecule has 1 saturated heterocycles. The fraction of sp³-hybridized carbons (Fsp3) is 1.00. The van der Waals surface area contributed by atoms with Crippen LogP contribution in [0.1, 0.15) is 12.8 Å². The topological polar surface area (TPSA) is 57.0 Å². The van der Waals surface area contributed by atoms with Gasteiger partial charge in [-0.2, -0.15) is 5.11 Å². The highest BCUT2D eigenvalue weighted by Gasteiger charge is 2.10. The maximum absolute atomic E-state index is 8.06. The van der Waals surface area contributed by atoms with Gasteiger partial charge in [0.1, 0.15) is 0 Å². The molecule has 0 aliphatic carbocycles. The van der Waals surface area contributed by atoms with Gasteiger partial charge >= 0.3 is 0 Å². The number of piperidine rings is 1. The van der Waals surface area contributed by atoms with Crippen molar-refractivity contribution in [1.29, 1.82) is 0 Å². The van der Waals surface area contributed by atoms with Gasteiger partial charge in [-0.25, -0.2) is 0 Å². The fourth-order valence-corrected chi connectivity index (χ4v) is 0.995. The monoisotopic (exact) mass is 129 g/mol. The molecule has 0 aromatic heterocycles. The highest BCUT2D eigenvalue weighted by atomic mass is 16.5. The van der Waals surface area contributed by atoms with Gasteiger partial charge in [0, 0.05) is 5.28 Å². The molecule has 0 aromatic rings. The molecular formula is C5H11N3O. The van der Waals surface area contributed by atoms with Crippen LogP contribution in [-0.2, 0) is 0 Å². The summed E-state index contributed by atoms with van der Waals surface area (Å²) < 4.78 is 0. The first-order valence-electron chi connectivity index (χ1n) is 3.18. The zero-order valence-corrected chi connectivity index (χ0v) is 5.25. The molecule has 0 unspecified atom stereocenters. The van der Waals surface area contributed by atoms with Crippen LogP contribution in [0.5, 0.6) is 0 Å². The maximum Gasteiger partial charge on any atom is 0.0768 e. The first-order valence-corrected chi connectivity index (χ1v) is 3.18. The Balaban J connectivity index is 2.23. The molecule has 9 heavy (non-hydrogen) atoms. The van der Waals surface area contributed by atoms with E-state index in [1.807, 2.05) is 0 Å². The summed E-state index contributed by atoms with van der Waals surface area (Å²) in [6, 6.07) is 0.247. The van der Waals surface area contributed by atoms with Crippen LogP contribution < -0.4 is 5.32 Å². The second kappa shape index (κ2) is 3.40. The van der Waals surface area contributed by atoms with Crippen LogP contribution in [0.3, 0.4) is 0 Å². The molecular weight excluding hydrogens is 118 g/mol. The highest BCUT2D eigenvalue weighted by Crippen LogP contribution is 2.05. The Morgan fingerprint density at radius 1 is 1.33 bits per heavy atom. The van der Waals surface area contributed by atoms with E-state index in [-0.39, 0.29) is 6.04 Å². The van der Waals surface area contributed by atoms with E-state index in [2.05, 4.69) is 15.7 Å². The average molecular weight is 129 g/mol. The summed E-state index contributed by atoms with van der Waals surface area (Å²) in [5, 5.41) is 17.6. The lowest BCUT2D eigenvalue weighted by Crippen LogP contribution is -2.29. The van der Waals surface area contributed by atoms with Crippen molar-refractivity contribution in [2.75, 3.05) is 13.1 Å². The Kier molecular flexibility index (Phi) is 2.45. The lowest BCUT2D eigenvalue weighted by Gasteiger charge is -2.16. The summed E-state index contributed by atoms with van der Waals surface area (Å²) in [5.41, 5.74) is 0. The van der Waals surface area contributed by atoms with Gasteiger partial charge in [0.2, 0.25) is 0 Å². The Morgan fingerprint density at radius 3 is 2.56 bits per heavy atom. The van der Waals surface area contributed by atoms with Crippen molar-refractivity contribution in [1.82, 2.24) is 5.32 Å². The summed E-state index contributed by atoms with van der Waals surface area (Å²) >= 11 is 0. The predicted octanol–water partition coefficient (Wildman–Crippen LogP) is 0.580. The van der Waals surface area contributed by atoms with E-state index in [0.29, 0.717) is 0 Å². The average Bonchev–Trinajstić information content (AvgIpc) is 1.91. The van der Waals surface area contributed by atoms with E-state index in [9.17, 15) is 0 Å². The predicted molar refractivity (Wildman–Crippen MR) is 32.5 cm³/mol. The van der Waals surface area contributed by atoms with Gasteiger partial charge < -0.3 is 10.5 Å². The first kappa shape index (κ1) is 6.48. The molecule has 1 aliphatic heterocycles. The summed E-state index contributed by atoms with van der Waals surface area (Å²) in [4.78, 5) is 0. The molecule has 1 aliphatic rings. The molecule has 0 amide bonds. The molecule has 0 atom stereocenters. The Bertz CT molecular complexity index is 98.4. The van der Waals surface area contributed by atoms with Gasteiger partial charge in [-0.3, -0.25) is 0 Å². The van der Waals surface area contributed by atoms with Crippen molar-refractivity contribution in [3.05, 3.63) is 0 Å². The quantitative estimate of drug-likeness (QED) is 0.402. The van der Waals surface area contributed by atoms with Crippen molar-refractivity contribution in [2.45, 2.75) is 18.9 Å². The van der Waals surface area contributed by atoms with Gasteiger partial charge in [-0.15, -0.1) is 0 Å². The van der Waals surface area contributed by atoms with Gasteiger partial charge in [0.25, 0.3) is 0 Å². The Morgan fingerprint density at radius 2 is 2.00 bits per heavy atom. The number of nitrogens with one attached hydrogen (secondary N) is 1. The SMILES string of the molecule is O/N=N/C1CCNCC1. The highest BCUT2D eigenvalue weighted by molar-refractivity contribution is 4.71. The van der Waals surface area contributed by atoms with Gasteiger partial charge in [-0.05, 0) is 25.9 Å². The summed E-state index contributed by atoms with van der Waals surface area (Å²) in [6.45, 7) is 1.98. The third-order valence-corrected chi connectivity index (χ3v) is 1.52. The first-order chi connectivity index (χ1) is 4.43. The smallest absolute Gasteiger partial charge is 0.0768 e. The lowest BCUT2D eigenvalue weighted by molar-refractivity contribution is 0.264. The second-order valence-electron chi connectivity index (χ2n) is 2.19. The molecule has 0 spiro atoms. The normalized spacial score (nSPS) is 23.1. The minimum Gasteiger partial charge on any atom is -0.395 e. The number of hydrogen-bond donors (Lipinski definition) is 2. The van der Waals surface area contributed by atoms with E-state index < -0.39 is 0 Å². The number of rotatable bonds is 1. The van der Waals surface area contributed by atoms with E-state index in [1.54, 1.807) is 0 Å². The molecule has 0 saturated carbocycles. The van der Waals surface area contributed by atoms with Crippen molar-refractivity contribution < 1.29 is 5.21 Å². The molecule has 52 valence electrons. The van der Waals surface area contributed by atoms with Gasteiger partial charge in [0.15, 0.2) is 0 Å². The summed E-state index contributed by atoms with van der Waals surface area (Å²) in [6.07, 6.45) is 1.98. The fourth-order valence-electron chi connectivity index (χ4n) is 0.995. The van der Waals surface area contributed by atoms with Crippen LogP contribution in [0.2, 0.25) is 0 Å².